The Bertz CT molecular complexity index is 1330. The number of methoxy groups -OCH3 is 1. The molecule has 0 saturated carbocycles. The lowest BCUT2D eigenvalue weighted by Gasteiger charge is -2.32. The SMILES string of the molecule is COCCOc1ccc(Nc2ncc3c(n2)N(c2cccc(NC(=O)/C=C/CN(C)C)c2)C(=O)C(C)C3)cc1. The van der Waals surface area contributed by atoms with Gasteiger partial charge >= 0.3 is 0 Å². The number of likely N-dealkylation sites (N-methyl/N-ethyl adjacent to an activating group) is 1. The first-order valence-corrected chi connectivity index (χ1v) is 12.7. The maximum absolute atomic E-state index is 13.4. The molecule has 1 unspecified atom stereocenters. The van der Waals surface area contributed by atoms with E-state index in [1.54, 1.807) is 42.5 Å². The second kappa shape index (κ2) is 13.0. The van der Waals surface area contributed by atoms with E-state index in [0.29, 0.717) is 49.3 Å². The molecule has 204 valence electrons. The number of benzene rings is 2. The number of hydrogen-bond acceptors (Lipinski definition) is 8. The molecule has 2 N–H and O–H groups in total. The van der Waals surface area contributed by atoms with Gasteiger partial charge in [0.2, 0.25) is 17.8 Å². The zero-order valence-electron chi connectivity index (χ0n) is 22.7. The van der Waals surface area contributed by atoms with Crippen LogP contribution in [0.2, 0.25) is 0 Å². The largest absolute Gasteiger partial charge is 0.491 e. The average Bonchev–Trinajstić information content (AvgIpc) is 2.91. The highest BCUT2D eigenvalue weighted by molar-refractivity contribution is 6.04. The molecule has 2 heterocycles. The number of nitrogens with one attached hydrogen (secondary N) is 2. The summed E-state index contributed by atoms with van der Waals surface area (Å²) in [6.45, 7) is 3.53. The number of carbonyl (C=O) groups excluding carboxylic acids is 2. The highest BCUT2D eigenvalue weighted by atomic mass is 16.5. The molecule has 3 aromatic rings. The molecule has 0 bridgehead atoms. The number of anilines is 5. The summed E-state index contributed by atoms with van der Waals surface area (Å²) in [6.07, 6.45) is 5.59. The Balaban J connectivity index is 1.54. The normalized spacial score (nSPS) is 14.9. The predicted octanol–water partition coefficient (Wildman–Crippen LogP) is 4.16. The molecule has 0 spiro atoms. The van der Waals surface area contributed by atoms with Crippen LogP contribution in [0.15, 0.2) is 66.9 Å². The summed E-state index contributed by atoms with van der Waals surface area (Å²) >= 11 is 0. The van der Waals surface area contributed by atoms with Crippen molar-refractivity contribution in [3.8, 4) is 5.75 Å². The summed E-state index contributed by atoms with van der Waals surface area (Å²) < 4.78 is 10.6. The Morgan fingerprint density at radius 2 is 1.95 bits per heavy atom. The fourth-order valence-electron chi connectivity index (χ4n) is 4.07. The number of amides is 2. The molecule has 2 aromatic carbocycles. The van der Waals surface area contributed by atoms with E-state index >= 15 is 0 Å². The van der Waals surface area contributed by atoms with E-state index in [0.717, 1.165) is 17.0 Å². The van der Waals surface area contributed by atoms with Gasteiger partial charge in [-0.1, -0.05) is 19.1 Å². The minimum Gasteiger partial charge on any atom is -0.491 e. The monoisotopic (exact) mass is 530 g/mol. The highest BCUT2D eigenvalue weighted by Crippen LogP contribution is 2.36. The van der Waals surface area contributed by atoms with Gasteiger partial charge in [0.15, 0.2) is 0 Å². The van der Waals surface area contributed by atoms with Gasteiger partial charge in [0.05, 0.1) is 12.3 Å². The molecule has 0 radical (unpaired) electrons. The highest BCUT2D eigenvalue weighted by Gasteiger charge is 2.33. The number of ether oxygens (including phenoxy) is 2. The third-order valence-corrected chi connectivity index (χ3v) is 6.00. The molecule has 10 heteroatoms. The number of nitrogens with zero attached hydrogens (tertiary/aromatic N) is 4. The van der Waals surface area contributed by atoms with Crippen molar-refractivity contribution in [2.75, 3.05) is 56.5 Å². The van der Waals surface area contributed by atoms with Gasteiger partial charge in [-0.05, 0) is 63.0 Å². The van der Waals surface area contributed by atoms with Gasteiger partial charge in [0.25, 0.3) is 0 Å². The lowest BCUT2D eigenvalue weighted by Crippen LogP contribution is -2.37. The van der Waals surface area contributed by atoms with E-state index in [9.17, 15) is 9.59 Å². The van der Waals surface area contributed by atoms with E-state index in [4.69, 9.17) is 14.5 Å². The van der Waals surface area contributed by atoms with Crippen molar-refractivity contribution in [2.24, 2.45) is 5.92 Å². The Hall–Kier alpha value is -4.28. The Kier molecular flexibility index (Phi) is 9.24. The van der Waals surface area contributed by atoms with E-state index in [2.05, 4.69) is 15.6 Å². The van der Waals surface area contributed by atoms with Crippen molar-refractivity contribution in [1.82, 2.24) is 14.9 Å². The minimum absolute atomic E-state index is 0.0703. The fraction of sp³-hybridized carbons (Fsp3) is 0.310. The standard InChI is InChI=1S/C29H34N6O4/c1-20-17-21-19-30-29(32-22-10-12-25(13-11-22)39-16-15-38-4)33-27(21)35(28(20)37)24-8-5-7-23(18-24)31-26(36)9-6-14-34(2)3/h5-13,18-20H,14-17H2,1-4H3,(H,31,36)(H,30,32,33)/b9-6+. The number of aromatic nitrogens is 2. The van der Waals surface area contributed by atoms with E-state index in [1.165, 1.54) is 6.08 Å². The summed E-state index contributed by atoms with van der Waals surface area (Å²) in [4.78, 5) is 38.5. The summed E-state index contributed by atoms with van der Waals surface area (Å²) in [6, 6.07) is 14.6. The van der Waals surface area contributed by atoms with Gasteiger partial charge in [-0.3, -0.25) is 14.5 Å². The van der Waals surface area contributed by atoms with Crippen molar-refractivity contribution in [3.05, 3.63) is 72.4 Å². The van der Waals surface area contributed by atoms with Crippen LogP contribution in [0.1, 0.15) is 12.5 Å². The summed E-state index contributed by atoms with van der Waals surface area (Å²) in [5.74, 6) is 1.07. The van der Waals surface area contributed by atoms with Crippen molar-refractivity contribution in [3.63, 3.8) is 0 Å². The van der Waals surface area contributed by atoms with Crippen LogP contribution in [0, 0.1) is 5.92 Å². The maximum Gasteiger partial charge on any atom is 0.248 e. The quantitative estimate of drug-likeness (QED) is 0.281. The van der Waals surface area contributed by atoms with Gasteiger partial charge < -0.3 is 25.0 Å². The number of carbonyl (C=O) groups is 2. The molecule has 1 aliphatic rings. The number of fused-ring (bicyclic) bond motifs is 1. The maximum atomic E-state index is 13.4. The molecule has 0 saturated heterocycles. The molecule has 1 aromatic heterocycles. The van der Waals surface area contributed by atoms with Gasteiger partial charge in [-0.15, -0.1) is 0 Å². The molecular weight excluding hydrogens is 496 g/mol. The van der Waals surface area contributed by atoms with E-state index in [-0.39, 0.29) is 17.7 Å². The van der Waals surface area contributed by atoms with Crippen LogP contribution in [0.4, 0.5) is 28.8 Å². The lowest BCUT2D eigenvalue weighted by atomic mass is 9.96. The molecule has 0 fully saturated rings. The summed E-state index contributed by atoms with van der Waals surface area (Å²) in [5.41, 5.74) is 2.85. The van der Waals surface area contributed by atoms with Crippen molar-refractivity contribution in [1.29, 1.82) is 0 Å². The third-order valence-electron chi connectivity index (χ3n) is 6.00. The van der Waals surface area contributed by atoms with Crippen LogP contribution >= 0.6 is 0 Å². The minimum atomic E-state index is -0.239. The first-order valence-electron chi connectivity index (χ1n) is 12.7. The fourth-order valence-corrected chi connectivity index (χ4v) is 4.07. The van der Waals surface area contributed by atoms with Gasteiger partial charge in [-0.25, -0.2) is 4.98 Å². The average molecular weight is 531 g/mol. The van der Waals surface area contributed by atoms with Crippen molar-refractivity contribution < 1.29 is 19.1 Å². The van der Waals surface area contributed by atoms with Crippen LogP contribution < -0.4 is 20.3 Å². The van der Waals surface area contributed by atoms with Gasteiger partial charge in [0, 0.05) is 48.8 Å². The molecule has 1 atom stereocenters. The Morgan fingerprint density at radius 3 is 2.69 bits per heavy atom. The van der Waals surface area contributed by atoms with Crippen LogP contribution in [0.5, 0.6) is 5.75 Å². The lowest BCUT2D eigenvalue weighted by molar-refractivity contribution is -0.121. The second-order valence-corrected chi connectivity index (χ2v) is 9.52. The molecule has 39 heavy (non-hydrogen) atoms. The van der Waals surface area contributed by atoms with E-state index < -0.39 is 0 Å². The Labute approximate surface area is 228 Å². The Morgan fingerprint density at radius 1 is 1.15 bits per heavy atom. The topological polar surface area (TPSA) is 109 Å². The van der Waals surface area contributed by atoms with Gasteiger partial charge in [0.1, 0.15) is 18.2 Å². The zero-order valence-corrected chi connectivity index (χ0v) is 22.7. The van der Waals surface area contributed by atoms with Crippen LogP contribution in [0.3, 0.4) is 0 Å². The van der Waals surface area contributed by atoms with Gasteiger partial charge in [-0.2, -0.15) is 4.98 Å². The zero-order chi connectivity index (χ0) is 27.8. The molecule has 0 aliphatic carbocycles. The molecular formula is C29H34N6O4. The summed E-state index contributed by atoms with van der Waals surface area (Å²) in [5, 5.41) is 6.07. The molecule has 10 nitrogen and oxygen atoms in total. The smallest absolute Gasteiger partial charge is 0.248 e. The summed E-state index contributed by atoms with van der Waals surface area (Å²) in [7, 11) is 5.49. The molecule has 4 rings (SSSR count). The van der Waals surface area contributed by atoms with E-state index in [1.807, 2.05) is 56.3 Å². The van der Waals surface area contributed by atoms with Crippen molar-refractivity contribution in [2.45, 2.75) is 13.3 Å². The van der Waals surface area contributed by atoms with Crippen LogP contribution in [-0.4, -0.2) is 67.6 Å². The second-order valence-electron chi connectivity index (χ2n) is 9.52. The molecule has 1 aliphatic heterocycles. The van der Waals surface area contributed by atoms with Crippen molar-refractivity contribution >= 4 is 40.6 Å². The third kappa shape index (κ3) is 7.40. The molecule has 2 amide bonds. The first-order chi connectivity index (χ1) is 18.8. The predicted molar refractivity (Wildman–Crippen MR) is 152 cm³/mol. The van der Waals surface area contributed by atoms with Crippen LogP contribution in [0.25, 0.3) is 0 Å². The van der Waals surface area contributed by atoms with Crippen LogP contribution in [-0.2, 0) is 20.7 Å². The first kappa shape index (κ1) is 27.7. The number of rotatable bonds is 11. The number of hydrogen-bond donors (Lipinski definition) is 2.